The second-order valence-electron chi connectivity index (χ2n) is 11.0. The number of nitrogens with zero attached hydrogens (tertiary/aromatic N) is 3. The number of hydrogen-bond acceptors (Lipinski definition) is 4. The Morgan fingerprint density at radius 1 is 0.444 bits per heavy atom. The Kier molecular flexibility index (Phi) is 6.48. The summed E-state index contributed by atoms with van der Waals surface area (Å²) in [5, 5.41) is 11.3. The zero-order valence-electron chi connectivity index (χ0n) is 24.2. The molecule has 0 aliphatic heterocycles. The monoisotopic (exact) mass is 575 g/mol. The van der Waals surface area contributed by atoms with Crippen molar-refractivity contribution in [2.24, 2.45) is 0 Å². The van der Waals surface area contributed by atoms with Gasteiger partial charge < -0.3 is 4.42 Å². The van der Waals surface area contributed by atoms with E-state index in [4.69, 9.17) is 9.68 Å². The molecular formula is C41H25N3O. The first kappa shape index (κ1) is 26.3. The van der Waals surface area contributed by atoms with Gasteiger partial charge in [-0.3, -0.25) is 9.97 Å². The summed E-state index contributed by atoms with van der Waals surface area (Å²) in [6, 6.07) is 45.8. The normalized spacial score (nSPS) is 11.1. The minimum Gasteiger partial charge on any atom is -0.455 e. The fourth-order valence-electron chi connectivity index (χ4n) is 6.04. The number of nitriles is 1. The fourth-order valence-corrected chi connectivity index (χ4v) is 6.04. The van der Waals surface area contributed by atoms with Crippen molar-refractivity contribution in [3.8, 4) is 61.7 Å². The van der Waals surface area contributed by atoms with Crippen LogP contribution >= 0.6 is 0 Å². The first-order chi connectivity index (χ1) is 22.2. The highest BCUT2D eigenvalue weighted by atomic mass is 16.3. The number of benzene rings is 5. The molecule has 0 atom stereocenters. The maximum absolute atomic E-state index is 9.14. The SMILES string of the molecule is N#Cc1ccc(-c2ccc(-c3cccc4c3oc3c(-c5cc(-c6cccnc6)cc(-c6cccnc6)c5)cccc34)cc2)cc1. The Labute approximate surface area is 260 Å². The zero-order valence-corrected chi connectivity index (χ0v) is 24.2. The number of furan rings is 1. The van der Waals surface area contributed by atoms with E-state index in [0.717, 1.165) is 77.6 Å². The molecule has 0 aliphatic rings. The summed E-state index contributed by atoms with van der Waals surface area (Å²) in [4.78, 5) is 8.74. The third kappa shape index (κ3) is 4.83. The average Bonchev–Trinajstić information content (AvgIpc) is 3.52. The molecule has 4 nitrogen and oxygen atoms in total. The van der Waals surface area contributed by atoms with Crippen molar-refractivity contribution in [3.63, 3.8) is 0 Å². The summed E-state index contributed by atoms with van der Waals surface area (Å²) < 4.78 is 6.80. The minimum absolute atomic E-state index is 0.656. The Morgan fingerprint density at radius 3 is 1.44 bits per heavy atom. The highest BCUT2D eigenvalue weighted by Crippen LogP contribution is 2.41. The Balaban J connectivity index is 1.26. The van der Waals surface area contributed by atoms with Gasteiger partial charge in [0, 0.05) is 57.8 Å². The number of fused-ring (bicyclic) bond motifs is 3. The third-order valence-electron chi connectivity index (χ3n) is 8.30. The van der Waals surface area contributed by atoms with Crippen molar-refractivity contribution in [1.29, 1.82) is 5.26 Å². The van der Waals surface area contributed by atoms with Crippen LogP contribution in [0.15, 0.2) is 157 Å². The predicted octanol–water partition coefficient (Wildman–Crippen LogP) is 10.6. The summed E-state index contributed by atoms with van der Waals surface area (Å²) in [6.45, 7) is 0. The van der Waals surface area contributed by atoms with Crippen LogP contribution < -0.4 is 0 Å². The summed E-state index contributed by atoms with van der Waals surface area (Å²) >= 11 is 0. The maximum Gasteiger partial charge on any atom is 0.143 e. The van der Waals surface area contributed by atoms with Crippen molar-refractivity contribution < 1.29 is 4.42 Å². The predicted molar refractivity (Wildman–Crippen MR) is 181 cm³/mol. The smallest absolute Gasteiger partial charge is 0.143 e. The van der Waals surface area contributed by atoms with Crippen LogP contribution in [-0.2, 0) is 0 Å². The maximum atomic E-state index is 9.14. The second kappa shape index (κ2) is 11.1. The van der Waals surface area contributed by atoms with E-state index >= 15 is 0 Å². The lowest BCUT2D eigenvalue weighted by molar-refractivity contribution is 0.671. The standard InChI is InChI=1S/C41H25N3O/c42-24-27-11-13-28(14-12-27)29-15-17-30(18-16-29)36-7-1-9-38-39-10-2-8-37(41(39)45-40(36)38)35-22-33(31-5-3-19-43-25-31)21-34(23-35)32-6-4-20-44-26-32/h1-23,25-26H. The summed E-state index contributed by atoms with van der Waals surface area (Å²) in [7, 11) is 0. The van der Waals surface area contributed by atoms with E-state index in [0.29, 0.717) is 5.56 Å². The molecule has 210 valence electrons. The van der Waals surface area contributed by atoms with Crippen LogP contribution in [0.3, 0.4) is 0 Å². The van der Waals surface area contributed by atoms with Crippen molar-refractivity contribution in [2.45, 2.75) is 0 Å². The summed E-state index contributed by atoms with van der Waals surface area (Å²) in [5.41, 5.74) is 13.0. The molecule has 5 aromatic carbocycles. The first-order valence-electron chi connectivity index (χ1n) is 14.8. The molecule has 0 radical (unpaired) electrons. The fraction of sp³-hybridized carbons (Fsp3) is 0. The van der Waals surface area contributed by atoms with Gasteiger partial charge in [-0.2, -0.15) is 5.26 Å². The van der Waals surface area contributed by atoms with Crippen LogP contribution in [0.1, 0.15) is 5.56 Å². The van der Waals surface area contributed by atoms with E-state index in [1.165, 1.54) is 0 Å². The summed E-state index contributed by atoms with van der Waals surface area (Å²) in [6.07, 6.45) is 7.38. The third-order valence-corrected chi connectivity index (χ3v) is 8.30. The molecule has 45 heavy (non-hydrogen) atoms. The molecule has 0 saturated heterocycles. The molecule has 3 aromatic heterocycles. The molecular weight excluding hydrogens is 550 g/mol. The number of aromatic nitrogens is 2. The van der Waals surface area contributed by atoms with Gasteiger partial charge in [-0.05, 0) is 75.8 Å². The molecule has 0 amide bonds. The van der Waals surface area contributed by atoms with Gasteiger partial charge in [-0.15, -0.1) is 0 Å². The van der Waals surface area contributed by atoms with Crippen molar-refractivity contribution in [2.75, 3.05) is 0 Å². The van der Waals surface area contributed by atoms with Gasteiger partial charge in [0.1, 0.15) is 11.2 Å². The van der Waals surface area contributed by atoms with E-state index in [1.807, 2.05) is 48.8 Å². The van der Waals surface area contributed by atoms with Crippen LogP contribution in [0.5, 0.6) is 0 Å². The molecule has 0 unspecified atom stereocenters. The molecule has 0 saturated carbocycles. The van der Waals surface area contributed by atoms with E-state index in [2.05, 4.69) is 107 Å². The average molecular weight is 576 g/mol. The summed E-state index contributed by atoms with van der Waals surface area (Å²) in [5.74, 6) is 0. The lowest BCUT2D eigenvalue weighted by Gasteiger charge is -2.11. The molecule has 0 spiro atoms. The first-order valence-corrected chi connectivity index (χ1v) is 14.8. The molecule has 0 N–H and O–H groups in total. The molecule has 0 aliphatic carbocycles. The molecule has 3 heterocycles. The number of para-hydroxylation sites is 2. The lowest BCUT2D eigenvalue weighted by atomic mass is 9.93. The largest absolute Gasteiger partial charge is 0.455 e. The van der Waals surface area contributed by atoms with Crippen molar-refractivity contribution >= 4 is 21.9 Å². The van der Waals surface area contributed by atoms with Crippen LogP contribution in [0.25, 0.3) is 77.6 Å². The van der Waals surface area contributed by atoms with Crippen LogP contribution in [0, 0.1) is 11.3 Å². The molecule has 8 rings (SSSR count). The van der Waals surface area contributed by atoms with Crippen LogP contribution in [-0.4, -0.2) is 9.97 Å². The highest BCUT2D eigenvalue weighted by molar-refractivity contribution is 6.13. The van der Waals surface area contributed by atoms with Gasteiger partial charge in [0.2, 0.25) is 0 Å². The topological polar surface area (TPSA) is 62.7 Å². The van der Waals surface area contributed by atoms with Gasteiger partial charge in [0.15, 0.2) is 0 Å². The van der Waals surface area contributed by atoms with Crippen molar-refractivity contribution in [1.82, 2.24) is 9.97 Å². The quantitative estimate of drug-likeness (QED) is 0.205. The second-order valence-corrected chi connectivity index (χ2v) is 11.0. The Morgan fingerprint density at radius 2 is 0.933 bits per heavy atom. The van der Waals surface area contributed by atoms with Gasteiger partial charge >= 0.3 is 0 Å². The van der Waals surface area contributed by atoms with E-state index in [1.54, 1.807) is 12.4 Å². The number of hydrogen-bond donors (Lipinski definition) is 0. The number of pyridine rings is 2. The van der Waals surface area contributed by atoms with Crippen LogP contribution in [0.4, 0.5) is 0 Å². The highest BCUT2D eigenvalue weighted by Gasteiger charge is 2.17. The number of rotatable bonds is 5. The van der Waals surface area contributed by atoms with Gasteiger partial charge in [-0.25, -0.2) is 0 Å². The van der Waals surface area contributed by atoms with Gasteiger partial charge in [0.05, 0.1) is 11.6 Å². The van der Waals surface area contributed by atoms with Crippen molar-refractivity contribution in [3.05, 3.63) is 158 Å². The lowest BCUT2D eigenvalue weighted by Crippen LogP contribution is -1.87. The molecule has 8 aromatic rings. The Hall–Kier alpha value is -6.31. The molecule has 4 heteroatoms. The van der Waals surface area contributed by atoms with Gasteiger partial charge in [0.25, 0.3) is 0 Å². The van der Waals surface area contributed by atoms with Crippen LogP contribution in [0.2, 0.25) is 0 Å². The van der Waals surface area contributed by atoms with E-state index in [-0.39, 0.29) is 0 Å². The van der Waals surface area contributed by atoms with E-state index < -0.39 is 0 Å². The Bertz CT molecular complexity index is 2290. The van der Waals surface area contributed by atoms with E-state index in [9.17, 15) is 0 Å². The zero-order chi connectivity index (χ0) is 30.2. The molecule has 0 bridgehead atoms. The van der Waals surface area contributed by atoms with Gasteiger partial charge in [-0.1, -0.05) is 84.9 Å². The minimum atomic E-state index is 0.656. The molecule has 0 fully saturated rings.